The highest BCUT2D eigenvalue weighted by molar-refractivity contribution is 6.00. The monoisotopic (exact) mass is 613 g/mol. The van der Waals surface area contributed by atoms with Crippen LogP contribution in [0.25, 0.3) is 22.6 Å². The molecule has 2 aliphatic rings. The van der Waals surface area contributed by atoms with Crippen LogP contribution in [-0.4, -0.2) is 106 Å². The van der Waals surface area contributed by atoms with E-state index in [1.807, 2.05) is 36.1 Å². The number of hydrogen-bond acceptors (Lipinski definition) is 9. The van der Waals surface area contributed by atoms with Crippen LogP contribution >= 0.6 is 0 Å². The number of carbonyl (C=O) groups is 2. The first-order valence-electron chi connectivity index (χ1n) is 15.3. The van der Waals surface area contributed by atoms with Crippen molar-refractivity contribution in [2.45, 2.75) is 32.4 Å². The average molecular weight is 614 g/mol. The predicted octanol–water partition coefficient (Wildman–Crippen LogP) is 3.95. The van der Waals surface area contributed by atoms with E-state index in [0.717, 1.165) is 50.4 Å². The number of nitrogens with one attached hydrogen (secondary N) is 3. The van der Waals surface area contributed by atoms with Gasteiger partial charge in [0.05, 0.1) is 13.2 Å². The van der Waals surface area contributed by atoms with Gasteiger partial charge in [0.25, 0.3) is 0 Å². The summed E-state index contributed by atoms with van der Waals surface area (Å²) >= 11 is 0. The lowest BCUT2D eigenvalue weighted by Crippen LogP contribution is -2.46. The second-order valence-electron chi connectivity index (χ2n) is 11.4. The van der Waals surface area contributed by atoms with Gasteiger partial charge in [-0.25, -0.2) is 24.2 Å². The average Bonchev–Trinajstić information content (AvgIpc) is 3.49. The van der Waals surface area contributed by atoms with Gasteiger partial charge in [-0.2, -0.15) is 0 Å². The molecule has 0 bridgehead atoms. The van der Waals surface area contributed by atoms with Crippen LogP contribution in [0.3, 0.4) is 0 Å². The van der Waals surface area contributed by atoms with Crippen molar-refractivity contribution >= 4 is 46.1 Å². The minimum Gasteiger partial charge on any atom is -0.378 e. The Hall–Kier alpha value is -4.82. The summed E-state index contributed by atoms with van der Waals surface area (Å²) < 4.78 is 7.29. The normalized spacial score (nSPS) is 15.8. The van der Waals surface area contributed by atoms with Gasteiger partial charge < -0.3 is 35.4 Å². The second kappa shape index (κ2) is 13.4. The maximum absolute atomic E-state index is 12.7. The molecular formula is C31H39N11O3. The van der Waals surface area contributed by atoms with Gasteiger partial charge in [0.2, 0.25) is 0 Å². The summed E-state index contributed by atoms with van der Waals surface area (Å²) in [7, 11) is 4.15. The molecule has 2 fully saturated rings. The smallest absolute Gasteiger partial charge is 0.323 e. The number of urea groups is 2. The minimum atomic E-state index is -0.381. The maximum Gasteiger partial charge on any atom is 0.323 e. The summed E-state index contributed by atoms with van der Waals surface area (Å²) in [6.07, 6.45) is 1.92. The Kier molecular flexibility index (Phi) is 9.03. The van der Waals surface area contributed by atoms with Crippen LogP contribution in [0.2, 0.25) is 0 Å². The SMILES string of the molecule is CCn1nnc2c(N3CCOCC3)nc(-c3ccc(NC(=O)Nc4ccc(NC(=O)N5CCC(N(C)C)CC5)cc4)cc3)nc21. The first-order valence-corrected chi connectivity index (χ1v) is 15.3. The molecule has 14 heteroatoms. The van der Waals surface area contributed by atoms with Crippen LogP contribution in [0.15, 0.2) is 48.5 Å². The molecule has 0 spiro atoms. The third-order valence-electron chi connectivity index (χ3n) is 8.23. The number of aryl methyl sites for hydroxylation is 1. The van der Waals surface area contributed by atoms with E-state index in [1.54, 1.807) is 28.9 Å². The number of anilines is 4. The number of ether oxygens (including phenoxy) is 1. The summed E-state index contributed by atoms with van der Waals surface area (Å²) in [4.78, 5) is 41.3. The lowest BCUT2D eigenvalue weighted by Gasteiger charge is -2.35. The highest BCUT2D eigenvalue weighted by atomic mass is 16.5. The van der Waals surface area contributed by atoms with E-state index < -0.39 is 0 Å². The van der Waals surface area contributed by atoms with Crippen molar-refractivity contribution in [2.75, 3.05) is 74.3 Å². The first kappa shape index (κ1) is 30.2. The summed E-state index contributed by atoms with van der Waals surface area (Å²) in [5.41, 5.74) is 4.06. The number of morpholine rings is 1. The van der Waals surface area contributed by atoms with E-state index in [0.29, 0.717) is 59.9 Å². The molecule has 2 saturated heterocycles. The highest BCUT2D eigenvalue weighted by Gasteiger charge is 2.24. The predicted molar refractivity (Wildman–Crippen MR) is 174 cm³/mol. The molecule has 0 atom stereocenters. The van der Waals surface area contributed by atoms with E-state index in [-0.39, 0.29) is 12.1 Å². The van der Waals surface area contributed by atoms with Gasteiger partial charge in [-0.05, 0) is 82.4 Å². The summed E-state index contributed by atoms with van der Waals surface area (Å²) in [5, 5.41) is 17.3. The number of nitrogens with zero attached hydrogens (tertiary/aromatic N) is 8. The number of rotatable bonds is 7. The Morgan fingerprint density at radius 3 is 2.07 bits per heavy atom. The van der Waals surface area contributed by atoms with E-state index >= 15 is 0 Å². The molecule has 2 aliphatic heterocycles. The van der Waals surface area contributed by atoms with E-state index in [9.17, 15) is 9.59 Å². The lowest BCUT2D eigenvalue weighted by molar-refractivity contribution is 0.122. The Labute approximate surface area is 261 Å². The lowest BCUT2D eigenvalue weighted by atomic mass is 10.0. The molecule has 45 heavy (non-hydrogen) atoms. The Balaban J connectivity index is 1.06. The van der Waals surface area contributed by atoms with Crippen molar-refractivity contribution in [3.8, 4) is 11.4 Å². The fourth-order valence-electron chi connectivity index (χ4n) is 5.60. The number of hydrogen-bond donors (Lipinski definition) is 3. The van der Waals surface area contributed by atoms with E-state index in [2.05, 4.69) is 50.2 Å². The third kappa shape index (κ3) is 6.97. The van der Waals surface area contributed by atoms with Crippen LogP contribution < -0.4 is 20.9 Å². The Morgan fingerprint density at radius 2 is 1.47 bits per heavy atom. The first-order chi connectivity index (χ1) is 21.9. The quantitative estimate of drug-likeness (QED) is 0.282. The van der Waals surface area contributed by atoms with Gasteiger partial charge in [0, 0.05) is 61.4 Å². The van der Waals surface area contributed by atoms with Crippen molar-refractivity contribution in [3.63, 3.8) is 0 Å². The zero-order valence-electron chi connectivity index (χ0n) is 25.9. The third-order valence-corrected chi connectivity index (χ3v) is 8.23. The van der Waals surface area contributed by atoms with Crippen LogP contribution in [0.5, 0.6) is 0 Å². The molecule has 3 N–H and O–H groups in total. The number of carbonyl (C=O) groups excluding carboxylic acids is 2. The fraction of sp³-hybridized carbons (Fsp3) is 0.419. The zero-order chi connectivity index (χ0) is 31.3. The van der Waals surface area contributed by atoms with Gasteiger partial charge in [-0.1, -0.05) is 5.21 Å². The van der Waals surface area contributed by atoms with Gasteiger partial charge in [0.15, 0.2) is 22.8 Å². The standard InChI is InChI=1S/C31H39N11O3/c1-4-42-29-26(37-38-42)28(40-17-19-45-20-18-40)35-27(36-29)21-5-7-22(8-6-21)32-30(43)33-23-9-11-24(12-10-23)34-31(44)41-15-13-25(14-16-41)39(2)3/h5-12,25H,4,13-20H2,1-3H3,(H,34,44)(H2,32,33,43). The van der Waals surface area contributed by atoms with Crippen molar-refractivity contribution < 1.29 is 14.3 Å². The molecule has 0 radical (unpaired) electrons. The Bertz CT molecular complexity index is 1630. The topological polar surface area (TPSA) is 146 Å². The molecule has 0 saturated carbocycles. The second-order valence-corrected chi connectivity index (χ2v) is 11.4. The molecule has 2 aromatic heterocycles. The van der Waals surface area contributed by atoms with E-state index in [1.165, 1.54) is 0 Å². The number of likely N-dealkylation sites (tertiary alicyclic amines) is 1. The van der Waals surface area contributed by atoms with Crippen LogP contribution in [0.1, 0.15) is 19.8 Å². The zero-order valence-corrected chi connectivity index (χ0v) is 25.9. The van der Waals surface area contributed by atoms with Crippen molar-refractivity contribution in [2.24, 2.45) is 0 Å². The van der Waals surface area contributed by atoms with Crippen LogP contribution in [0, 0.1) is 0 Å². The number of fused-ring (bicyclic) bond motifs is 1. The van der Waals surface area contributed by atoms with Crippen molar-refractivity contribution in [1.29, 1.82) is 0 Å². The van der Waals surface area contributed by atoms with Crippen molar-refractivity contribution in [3.05, 3.63) is 48.5 Å². The van der Waals surface area contributed by atoms with Gasteiger partial charge in [-0.3, -0.25) is 0 Å². The molecular weight excluding hydrogens is 574 g/mol. The number of benzene rings is 2. The van der Waals surface area contributed by atoms with Gasteiger partial charge in [0.1, 0.15) is 0 Å². The van der Waals surface area contributed by atoms with Crippen LogP contribution in [-0.2, 0) is 11.3 Å². The fourth-order valence-corrected chi connectivity index (χ4v) is 5.60. The molecule has 0 unspecified atom stereocenters. The minimum absolute atomic E-state index is 0.107. The summed E-state index contributed by atoms with van der Waals surface area (Å²) in [5.74, 6) is 1.30. The number of piperidine rings is 1. The Morgan fingerprint density at radius 1 is 0.867 bits per heavy atom. The molecule has 0 aliphatic carbocycles. The molecule has 236 valence electrons. The van der Waals surface area contributed by atoms with Gasteiger partial charge >= 0.3 is 12.1 Å². The number of amides is 4. The number of aromatic nitrogens is 5. The molecule has 14 nitrogen and oxygen atoms in total. The van der Waals surface area contributed by atoms with Crippen molar-refractivity contribution in [1.82, 2.24) is 34.8 Å². The molecule has 4 amide bonds. The summed E-state index contributed by atoms with van der Waals surface area (Å²) in [6, 6.07) is 14.5. The molecule has 4 aromatic rings. The van der Waals surface area contributed by atoms with Crippen LogP contribution in [0.4, 0.5) is 32.5 Å². The molecule has 6 rings (SSSR count). The highest BCUT2D eigenvalue weighted by Crippen LogP contribution is 2.28. The van der Waals surface area contributed by atoms with Gasteiger partial charge in [-0.15, -0.1) is 5.10 Å². The largest absolute Gasteiger partial charge is 0.378 e. The van der Waals surface area contributed by atoms with E-state index in [4.69, 9.17) is 14.7 Å². The molecule has 4 heterocycles. The maximum atomic E-state index is 12.7. The molecule has 2 aromatic carbocycles. The summed E-state index contributed by atoms with van der Waals surface area (Å²) in [6.45, 7) is 6.79.